The van der Waals surface area contributed by atoms with Crippen LogP contribution in [-0.2, 0) is 40.2 Å². The molecule has 1 fully saturated rings. The summed E-state index contributed by atoms with van der Waals surface area (Å²) in [7, 11) is 0. The second-order valence-electron chi connectivity index (χ2n) is 10.6. The number of rotatable bonds is 5. The van der Waals surface area contributed by atoms with E-state index in [1.807, 2.05) is 35.2 Å². The van der Waals surface area contributed by atoms with Crippen LogP contribution < -0.4 is 4.90 Å². The molecule has 2 aliphatic rings. The van der Waals surface area contributed by atoms with Crippen LogP contribution in [0.25, 0.3) is 0 Å². The molecule has 2 unspecified atom stereocenters. The van der Waals surface area contributed by atoms with Gasteiger partial charge in [0.05, 0.1) is 30.8 Å². The first-order chi connectivity index (χ1) is 18.6. The number of carbonyl (C=O) groups excluding carboxylic acids is 2. The van der Waals surface area contributed by atoms with E-state index in [1.54, 1.807) is 30.6 Å². The molecule has 208 valence electrons. The lowest BCUT2D eigenvalue weighted by Crippen LogP contribution is -2.56. The highest BCUT2D eigenvalue weighted by Gasteiger charge is 2.36. The molecular formula is C27H34N6O5S. The quantitative estimate of drug-likeness (QED) is 0.403. The molecule has 0 spiro atoms. The Labute approximate surface area is 231 Å². The molecular weight excluding hydrogens is 520 g/mol. The van der Waals surface area contributed by atoms with Crippen molar-refractivity contribution in [1.82, 2.24) is 19.8 Å². The normalized spacial score (nSPS) is 18.2. The van der Waals surface area contributed by atoms with Crippen molar-refractivity contribution in [3.63, 3.8) is 0 Å². The number of hydrogen-bond donors (Lipinski definition) is 0. The number of nitriles is 1. The molecule has 1 saturated heterocycles. The van der Waals surface area contributed by atoms with Gasteiger partial charge in [-0.25, -0.2) is 9.59 Å². The topological polar surface area (TPSA) is 135 Å². The smallest absolute Gasteiger partial charge is 0.410 e. The van der Waals surface area contributed by atoms with E-state index < -0.39 is 35.0 Å². The Morgan fingerprint density at radius 3 is 2.56 bits per heavy atom. The van der Waals surface area contributed by atoms with Crippen LogP contribution in [0.4, 0.5) is 15.4 Å². The molecule has 0 N–H and O–H groups in total. The molecule has 0 bridgehead atoms. The molecule has 1 aromatic carbocycles. The Bertz CT molecular complexity index is 1230. The lowest BCUT2D eigenvalue weighted by molar-refractivity contribution is 0.0144. The number of ether oxygens (including phenoxy) is 2. The van der Waals surface area contributed by atoms with E-state index in [1.165, 1.54) is 6.26 Å². The van der Waals surface area contributed by atoms with Crippen LogP contribution >= 0.6 is 0 Å². The molecule has 2 aromatic rings. The fraction of sp³-hybridized carbons (Fsp3) is 0.519. The van der Waals surface area contributed by atoms with Crippen LogP contribution in [0.15, 0.2) is 35.5 Å². The van der Waals surface area contributed by atoms with Crippen LogP contribution in [0.3, 0.4) is 0 Å². The average Bonchev–Trinajstić information content (AvgIpc) is 2.90. The highest BCUT2D eigenvalue weighted by Crippen LogP contribution is 2.30. The van der Waals surface area contributed by atoms with Gasteiger partial charge in [-0.1, -0.05) is 30.3 Å². The molecule has 0 saturated carbocycles. The van der Waals surface area contributed by atoms with Crippen molar-refractivity contribution >= 4 is 29.2 Å². The number of fused-ring (bicyclic) bond motifs is 1. The van der Waals surface area contributed by atoms with E-state index >= 15 is 0 Å². The maximum absolute atomic E-state index is 12.8. The standard InChI is InChI=1S/C27H34N6O5S/c1-27(2,3)38-26(35)33-15-14-31(16-20(33)10-12-28)23-21-11-13-32(17-22(21)29-24(30-23)39(4)36)25(34)37-18-19-8-6-5-7-9-19/h5-9,20H,10-11,13-18H2,1-4H3. The Balaban J connectivity index is 1.53. The number of piperazine rings is 1. The first-order valence-electron chi connectivity index (χ1n) is 12.9. The third kappa shape index (κ3) is 7.10. The van der Waals surface area contributed by atoms with Crippen molar-refractivity contribution in [3.8, 4) is 6.07 Å². The van der Waals surface area contributed by atoms with Gasteiger partial charge in [-0.05, 0) is 32.8 Å². The van der Waals surface area contributed by atoms with Gasteiger partial charge in [0.15, 0.2) is 0 Å². The fourth-order valence-electron chi connectivity index (χ4n) is 4.63. The summed E-state index contributed by atoms with van der Waals surface area (Å²) in [5.74, 6) is 0.634. The number of carbonyl (C=O) groups is 2. The first kappa shape index (κ1) is 28.4. The zero-order chi connectivity index (χ0) is 28.2. The highest BCUT2D eigenvalue weighted by atomic mass is 32.2. The minimum atomic E-state index is -1.45. The first-order valence-corrected chi connectivity index (χ1v) is 14.4. The van der Waals surface area contributed by atoms with Crippen molar-refractivity contribution in [2.45, 2.75) is 63.6 Å². The predicted octanol–water partition coefficient (Wildman–Crippen LogP) is 3.25. The lowest BCUT2D eigenvalue weighted by Gasteiger charge is -2.42. The summed E-state index contributed by atoms with van der Waals surface area (Å²) in [5.41, 5.74) is 1.75. The Morgan fingerprint density at radius 2 is 1.90 bits per heavy atom. The molecule has 39 heavy (non-hydrogen) atoms. The van der Waals surface area contributed by atoms with Crippen molar-refractivity contribution in [2.75, 3.05) is 37.3 Å². The van der Waals surface area contributed by atoms with Gasteiger partial charge in [0, 0.05) is 42.9 Å². The van der Waals surface area contributed by atoms with E-state index in [-0.39, 0.29) is 24.7 Å². The molecule has 11 nitrogen and oxygen atoms in total. The molecule has 2 aliphatic heterocycles. The van der Waals surface area contributed by atoms with Gasteiger partial charge < -0.3 is 28.7 Å². The van der Waals surface area contributed by atoms with Gasteiger partial charge in [-0.3, -0.25) is 0 Å². The molecule has 4 rings (SSSR count). The molecule has 2 amide bonds. The number of nitrogens with zero attached hydrogens (tertiary/aromatic N) is 6. The largest absolute Gasteiger partial charge is 0.609 e. The summed E-state index contributed by atoms with van der Waals surface area (Å²) in [4.78, 5) is 40.0. The minimum absolute atomic E-state index is 0.136. The monoisotopic (exact) mass is 554 g/mol. The van der Waals surface area contributed by atoms with E-state index in [2.05, 4.69) is 16.0 Å². The van der Waals surface area contributed by atoms with Crippen LogP contribution in [0.5, 0.6) is 0 Å². The van der Waals surface area contributed by atoms with Gasteiger partial charge >= 0.3 is 17.3 Å². The zero-order valence-electron chi connectivity index (χ0n) is 22.8. The van der Waals surface area contributed by atoms with Gasteiger partial charge in [-0.2, -0.15) is 15.2 Å². The zero-order valence-corrected chi connectivity index (χ0v) is 23.6. The van der Waals surface area contributed by atoms with Crippen molar-refractivity contribution < 1.29 is 23.6 Å². The predicted molar refractivity (Wildman–Crippen MR) is 144 cm³/mol. The van der Waals surface area contributed by atoms with Gasteiger partial charge in [0.25, 0.3) is 0 Å². The van der Waals surface area contributed by atoms with Crippen LogP contribution in [0.1, 0.15) is 44.0 Å². The highest BCUT2D eigenvalue weighted by molar-refractivity contribution is 7.90. The Morgan fingerprint density at radius 1 is 1.15 bits per heavy atom. The van der Waals surface area contributed by atoms with Gasteiger partial charge in [0.2, 0.25) is 0 Å². The fourth-order valence-corrected chi connectivity index (χ4v) is 5.09. The number of hydrogen-bond acceptors (Lipinski definition) is 9. The minimum Gasteiger partial charge on any atom is -0.609 e. The SMILES string of the molecule is C[S+]([O-])c1nc2c(c(N3CCN(C(=O)OC(C)(C)C)C(CC#N)C3)n1)CCN(C(=O)OCc1ccccc1)C2. The van der Waals surface area contributed by atoms with E-state index in [9.17, 15) is 19.4 Å². The third-order valence-electron chi connectivity index (χ3n) is 6.48. The molecule has 1 aromatic heterocycles. The van der Waals surface area contributed by atoms with Crippen molar-refractivity contribution in [3.05, 3.63) is 47.2 Å². The van der Waals surface area contributed by atoms with Gasteiger partial charge in [-0.15, -0.1) is 0 Å². The van der Waals surface area contributed by atoms with E-state index in [0.717, 1.165) is 11.1 Å². The second kappa shape index (κ2) is 12.1. The number of amides is 2. The molecule has 3 heterocycles. The Hall–Kier alpha value is -3.56. The maximum atomic E-state index is 12.8. The van der Waals surface area contributed by atoms with Crippen molar-refractivity contribution in [2.24, 2.45) is 0 Å². The second-order valence-corrected chi connectivity index (χ2v) is 11.8. The van der Waals surface area contributed by atoms with Crippen LogP contribution in [-0.4, -0.2) is 80.6 Å². The van der Waals surface area contributed by atoms with Crippen LogP contribution in [0, 0.1) is 11.3 Å². The summed E-state index contributed by atoms with van der Waals surface area (Å²) in [6.07, 6.45) is 1.25. The number of benzene rings is 1. The summed E-state index contributed by atoms with van der Waals surface area (Å²) in [6.45, 7) is 7.40. The maximum Gasteiger partial charge on any atom is 0.410 e. The number of aromatic nitrogens is 2. The third-order valence-corrected chi connectivity index (χ3v) is 7.18. The Kier molecular flexibility index (Phi) is 8.82. The van der Waals surface area contributed by atoms with Crippen molar-refractivity contribution in [1.29, 1.82) is 5.26 Å². The summed E-state index contributed by atoms with van der Waals surface area (Å²) in [5, 5.41) is 9.63. The summed E-state index contributed by atoms with van der Waals surface area (Å²) in [6, 6.07) is 11.2. The lowest BCUT2D eigenvalue weighted by atomic mass is 10.0. The van der Waals surface area contributed by atoms with E-state index in [0.29, 0.717) is 44.1 Å². The van der Waals surface area contributed by atoms with Gasteiger partial charge in [0.1, 0.15) is 24.3 Å². The number of anilines is 1. The summed E-state index contributed by atoms with van der Waals surface area (Å²) < 4.78 is 23.5. The van der Waals surface area contributed by atoms with Crippen LogP contribution in [0.2, 0.25) is 0 Å². The molecule has 0 radical (unpaired) electrons. The molecule has 2 atom stereocenters. The average molecular weight is 555 g/mol. The van der Waals surface area contributed by atoms with E-state index in [4.69, 9.17) is 9.47 Å². The molecule has 0 aliphatic carbocycles. The molecule has 12 heteroatoms. The summed E-state index contributed by atoms with van der Waals surface area (Å²) >= 11 is -1.45.